The van der Waals surface area contributed by atoms with E-state index in [9.17, 15) is 4.39 Å². The number of benzene rings is 1. The van der Waals surface area contributed by atoms with Gasteiger partial charge >= 0.3 is 0 Å². The number of alkyl halides is 1. The third-order valence-corrected chi connectivity index (χ3v) is 4.98. The van der Waals surface area contributed by atoms with Crippen molar-refractivity contribution in [3.63, 3.8) is 0 Å². The lowest BCUT2D eigenvalue weighted by Gasteiger charge is -2.22. The molecule has 1 saturated heterocycles. The molecule has 5 heteroatoms. The Kier molecular flexibility index (Phi) is 3.99. The van der Waals surface area contributed by atoms with Crippen LogP contribution >= 0.6 is 23.4 Å². The molecule has 1 aliphatic heterocycles. The normalized spacial score (nSPS) is 17.2. The summed E-state index contributed by atoms with van der Waals surface area (Å²) < 4.78 is 15.5. The third kappa shape index (κ3) is 2.75. The lowest BCUT2D eigenvalue weighted by atomic mass is 10.0. The Bertz CT molecular complexity index is 578. The van der Waals surface area contributed by atoms with Crippen LogP contribution in [0, 0.1) is 11.7 Å². The van der Waals surface area contributed by atoms with Crippen molar-refractivity contribution in [1.82, 2.24) is 9.55 Å². The number of thioether (sulfide) groups is 1. The van der Waals surface area contributed by atoms with Crippen LogP contribution in [0.1, 0.15) is 18.7 Å². The first-order chi connectivity index (χ1) is 9.28. The molecule has 0 N–H and O–H groups in total. The Hall–Kier alpha value is -0.740. The molecular formula is C14H16ClFN2S. The van der Waals surface area contributed by atoms with Gasteiger partial charge in [0.05, 0.1) is 16.9 Å². The van der Waals surface area contributed by atoms with Crippen LogP contribution in [0.3, 0.4) is 0 Å². The first-order valence-corrected chi connectivity index (χ1v) is 8.25. The number of rotatable bonds is 3. The van der Waals surface area contributed by atoms with E-state index in [-0.39, 0.29) is 5.82 Å². The number of hydrogen-bond acceptors (Lipinski definition) is 2. The first-order valence-electron chi connectivity index (χ1n) is 6.56. The summed E-state index contributed by atoms with van der Waals surface area (Å²) in [5, 5.41) is 0. The van der Waals surface area contributed by atoms with Crippen molar-refractivity contribution in [2.45, 2.75) is 25.3 Å². The monoisotopic (exact) mass is 298 g/mol. The Morgan fingerprint density at radius 2 is 2.16 bits per heavy atom. The van der Waals surface area contributed by atoms with Gasteiger partial charge in [0.1, 0.15) is 11.6 Å². The zero-order valence-electron chi connectivity index (χ0n) is 10.6. The van der Waals surface area contributed by atoms with E-state index in [0.717, 1.165) is 23.4 Å². The summed E-state index contributed by atoms with van der Waals surface area (Å²) >= 11 is 8.00. The van der Waals surface area contributed by atoms with Gasteiger partial charge in [0.15, 0.2) is 0 Å². The maximum atomic E-state index is 13.4. The molecule has 1 aromatic carbocycles. The largest absolute Gasteiger partial charge is 0.327 e. The predicted molar refractivity (Wildman–Crippen MR) is 79.3 cm³/mol. The molecule has 1 aromatic heterocycles. The average Bonchev–Trinajstić information content (AvgIpc) is 2.78. The summed E-state index contributed by atoms with van der Waals surface area (Å²) in [6.45, 7) is 0.905. The molecule has 0 amide bonds. The number of aromatic nitrogens is 2. The fraction of sp³-hybridized carbons (Fsp3) is 0.500. The molecule has 2 heterocycles. The second-order valence-corrected chi connectivity index (χ2v) is 6.45. The number of imidazole rings is 1. The van der Waals surface area contributed by atoms with Crippen molar-refractivity contribution in [1.29, 1.82) is 0 Å². The average molecular weight is 299 g/mol. The number of fused-ring (bicyclic) bond motifs is 1. The Labute approximate surface area is 121 Å². The summed E-state index contributed by atoms with van der Waals surface area (Å²) in [6, 6.07) is 4.75. The van der Waals surface area contributed by atoms with E-state index in [0.29, 0.717) is 11.8 Å². The molecule has 0 spiro atoms. The second-order valence-electron chi connectivity index (χ2n) is 4.96. The minimum absolute atomic E-state index is 0.214. The topological polar surface area (TPSA) is 17.8 Å². The lowest BCUT2D eigenvalue weighted by Crippen LogP contribution is -2.17. The molecule has 2 aromatic rings. The molecule has 0 atom stereocenters. The van der Waals surface area contributed by atoms with Crippen molar-refractivity contribution < 1.29 is 4.39 Å². The molecule has 2 nitrogen and oxygen atoms in total. The fourth-order valence-electron chi connectivity index (χ4n) is 2.64. The van der Waals surface area contributed by atoms with E-state index < -0.39 is 0 Å². The molecular weight excluding hydrogens is 283 g/mol. The van der Waals surface area contributed by atoms with E-state index in [1.807, 2.05) is 11.8 Å². The molecule has 0 bridgehead atoms. The quantitative estimate of drug-likeness (QED) is 0.795. The highest BCUT2D eigenvalue weighted by atomic mass is 35.5. The van der Waals surface area contributed by atoms with Crippen LogP contribution in [0.4, 0.5) is 4.39 Å². The fourth-order valence-corrected chi connectivity index (χ4v) is 4.05. The number of nitrogens with zero attached hydrogens (tertiary/aromatic N) is 2. The summed E-state index contributed by atoms with van der Waals surface area (Å²) in [4.78, 5) is 4.50. The highest BCUT2D eigenvalue weighted by molar-refractivity contribution is 7.99. The van der Waals surface area contributed by atoms with Gasteiger partial charge in [-0.25, -0.2) is 9.37 Å². The van der Waals surface area contributed by atoms with Crippen molar-refractivity contribution in [3.8, 4) is 0 Å². The summed E-state index contributed by atoms with van der Waals surface area (Å²) in [5.74, 6) is 4.11. The summed E-state index contributed by atoms with van der Waals surface area (Å²) in [6.07, 6.45) is 2.45. The van der Waals surface area contributed by atoms with E-state index in [4.69, 9.17) is 11.6 Å². The zero-order chi connectivity index (χ0) is 13.2. The smallest absolute Gasteiger partial charge is 0.125 e. The molecule has 3 rings (SSSR count). The van der Waals surface area contributed by atoms with Gasteiger partial charge in [0.2, 0.25) is 0 Å². The maximum Gasteiger partial charge on any atom is 0.125 e. The summed E-state index contributed by atoms with van der Waals surface area (Å²) in [5.41, 5.74) is 1.70. The lowest BCUT2D eigenvalue weighted by molar-refractivity contribution is 0.417. The SMILES string of the molecule is Fc1ccc2nc(CCl)n(CC3CCSCC3)c2c1. The second kappa shape index (κ2) is 5.71. The van der Waals surface area contributed by atoms with E-state index in [1.54, 1.807) is 12.1 Å². The summed E-state index contributed by atoms with van der Waals surface area (Å²) in [7, 11) is 0. The number of hydrogen-bond donors (Lipinski definition) is 0. The van der Waals surface area contributed by atoms with Crippen LogP contribution in [0.15, 0.2) is 18.2 Å². The molecule has 102 valence electrons. The Balaban J connectivity index is 1.97. The van der Waals surface area contributed by atoms with Crippen molar-refractivity contribution in [2.24, 2.45) is 5.92 Å². The molecule has 0 aliphatic carbocycles. The van der Waals surface area contributed by atoms with Crippen molar-refractivity contribution in [2.75, 3.05) is 11.5 Å². The standard InChI is InChI=1S/C14H16ClFN2S/c15-8-14-17-12-2-1-11(16)7-13(12)18(14)9-10-3-5-19-6-4-10/h1-2,7,10H,3-6,8-9H2. The van der Waals surface area contributed by atoms with Gasteiger partial charge in [-0.2, -0.15) is 11.8 Å². The molecule has 0 unspecified atom stereocenters. The third-order valence-electron chi connectivity index (χ3n) is 3.69. The van der Waals surface area contributed by atoms with E-state index in [2.05, 4.69) is 9.55 Å². The van der Waals surface area contributed by atoms with Gasteiger partial charge < -0.3 is 4.57 Å². The first kappa shape index (κ1) is 13.3. The highest BCUT2D eigenvalue weighted by Crippen LogP contribution is 2.27. The molecule has 1 aliphatic rings. The van der Waals surface area contributed by atoms with Crippen LogP contribution in [0.2, 0.25) is 0 Å². The van der Waals surface area contributed by atoms with Gasteiger partial charge in [-0.05, 0) is 48.5 Å². The van der Waals surface area contributed by atoms with Crippen molar-refractivity contribution in [3.05, 3.63) is 29.8 Å². The van der Waals surface area contributed by atoms with Gasteiger partial charge in [-0.3, -0.25) is 0 Å². The van der Waals surface area contributed by atoms with Crippen LogP contribution in [0.25, 0.3) is 11.0 Å². The van der Waals surface area contributed by atoms with E-state index in [1.165, 1.54) is 30.4 Å². The molecule has 0 radical (unpaired) electrons. The van der Waals surface area contributed by atoms with Crippen molar-refractivity contribution >= 4 is 34.4 Å². The Morgan fingerprint density at radius 3 is 2.89 bits per heavy atom. The molecule has 19 heavy (non-hydrogen) atoms. The maximum absolute atomic E-state index is 13.4. The van der Waals surface area contributed by atoms with Crippen LogP contribution in [0.5, 0.6) is 0 Å². The van der Waals surface area contributed by atoms with Gasteiger partial charge in [0.25, 0.3) is 0 Å². The number of halogens is 2. The predicted octanol–water partition coefficient (Wildman–Crippen LogP) is 4.06. The minimum atomic E-state index is -0.214. The zero-order valence-corrected chi connectivity index (χ0v) is 12.2. The van der Waals surface area contributed by atoms with Gasteiger partial charge in [-0.15, -0.1) is 11.6 Å². The van der Waals surface area contributed by atoms with Crippen LogP contribution in [-0.2, 0) is 12.4 Å². The molecule has 1 fully saturated rings. The van der Waals surface area contributed by atoms with Crippen LogP contribution < -0.4 is 0 Å². The van der Waals surface area contributed by atoms with E-state index >= 15 is 0 Å². The van der Waals surface area contributed by atoms with Crippen LogP contribution in [-0.4, -0.2) is 21.1 Å². The minimum Gasteiger partial charge on any atom is -0.327 e. The Morgan fingerprint density at radius 1 is 1.37 bits per heavy atom. The van der Waals surface area contributed by atoms with Gasteiger partial charge in [-0.1, -0.05) is 0 Å². The van der Waals surface area contributed by atoms with Gasteiger partial charge in [0, 0.05) is 6.54 Å². The highest BCUT2D eigenvalue weighted by Gasteiger charge is 2.18. The molecule has 0 saturated carbocycles.